The second-order valence-corrected chi connectivity index (χ2v) is 10.9. The number of amides is 1. The van der Waals surface area contributed by atoms with Gasteiger partial charge in [-0.2, -0.15) is 10.4 Å². The molecule has 2 aromatic heterocycles. The zero-order valence-corrected chi connectivity index (χ0v) is 23.3. The van der Waals surface area contributed by atoms with E-state index in [1.54, 1.807) is 36.4 Å². The topological polar surface area (TPSA) is 103 Å². The molecule has 1 saturated heterocycles. The van der Waals surface area contributed by atoms with Crippen LogP contribution in [0.4, 0.5) is 4.39 Å². The molecule has 0 aliphatic carbocycles. The number of pyridine rings is 1. The maximum Gasteiger partial charge on any atom is 0.275 e. The van der Waals surface area contributed by atoms with E-state index in [0.29, 0.717) is 70.5 Å². The first-order valence-corrected chi connectivity index (χ1v) is 13.3. The summed E-state index contributed by atoms with van der Waals surface area (Å²) in [5.41, 5.74) is 3.43. The molecule has 9 nitrogen and oxygen atoms in total. The van der Waals surface area contributed by atoms with Crippen molar-refractivity contribution in [2.24, 2.45) is 0 Å². The van der Waals surface area contributed by atoms with E-state index in [2.05, 4.69) is 11.1 Å². The van der Waals surface area contributed by atoms with E-state index in [1.807, 2.05) is 19.9 Å². The summed E-state index contributed by atoms with van der Waals surface area (Å²) in [5, 5.41) is 14.4. The minimum Gasteiger partial charge on any atom is -0.496 e. The van der Waals surface area contributed by atoms with E-state index in [1.165, 1.54) is 23.0 Å². The number of hydrogen-bond donors (Lipinski definition) is 0. The first kappa shape index (κ1) is 26.7. The van der Waals surface area contributed by atoms with Crippen LogP contribution in [0.15, 0.2) is 48.8 Å². The Labute approximate surface area is 240 Å². The molecule has 0 radical (unpaired) electrons. The van der Waals surface area contributed by atoms with Gasteiger partial charge < -0.3 is 19.1 Å². The fraction of sp³-hybridized carbons (Fsp3) is 0.267. The van der Waals surface area contributed by atoms with Gasteiger partial charge in [0.2, 0.25) is 0 Å². The number of benzene rings is 2. The zero-order chi connectivity index (χ0) is 28.9. The molecule has 1 amide bonds. The lowest BCUT2D eigenvalue weighted by molar-refractivity contribution is -0.0374. The summed E-state index contributed by atoms with van der Waals surface area (Å²) >= 11 is 6.24. The lowest BCUT2D eigenvalue weighted by Crippen LogP contribution is -2.55. The van der Waals surface area contributed by atoms with Crippen molar-refractivity contribution in [2.45, 2.75) is 26.0 Å². The Bertz CT molecular complexity index is 1730. The highest BCUT2D eigenvalue weighted by atomic mass is 35.5. The number of ether oxygens (including phenoxy) is 3. The van der Waals surface area contributed by atoms with Crippen molar-refractivity contribution in [3.05, 3.63) is 76.5 Å². The van der Waals surface area contributed by atoms with Gasteiger partial charge in [-0.15, -0.1) is 0 Å². The van der Waals surface area contributed by atoms with Gasteiger partial charge in [0.15, 0.2) is 5.69 Å². The monoisotopic (exact) mass is 573 g/mol. The summed E-state index contributed by atoms with van der Waals surface area (Å²) in [6.07, 6.45) is 3.11. The summed E-state index contributed by atoms with van der Waals surface area (Å²) in [5.74, 6) is 0.190. The number of carbonyl (C=O) groups is 1. The molecule has 0 saturated carbocycles. The van der Waals surface area contributed by atoms with E-state index in [9.17, 15) is 14.4 Å². The van der Waals surface area contributed by atoms with Gasteiger partial charge in [0.1, 0.15) is 30.0 Å². The zero-order valence-electron chi connectivity index (χ0n) is 22.6. The highest BCUT2D eigenvalue weighted by molar-refractivity contribution is 6.30. The lowest BCUT2D eigenvalue weighted by Gasteiger charge is -2.41. The second-order valence-electron chi connectivity index (χ2n) is 10.4. The van der Waals surface area contributed by atoms with Gasteiger partial charge in [0, 0.05) is 52.3 Å². The molecule has 4 aromatic rings. The van der Waals surface area contributed by atoms with E-state index < -0.39 is 11.4 Å². The predicted molar refractivity (Wildman–Crippen MR) is 149 cm³/mol. The van der Waals surface area contributed by atoms with Crippen LogP contribution in [0.3, 0.4) is 0 Å². The maximum atomic E-state index is 14.6. The summed E-state index contributed by atoms with van der Waals surface area (Å²) in [6, 6.07) is 11.5. The van der Waals surface area contributed by atoms with Crippen LogP contribution in [0.25, 0.3) is 28.1 Å². The molecule has 208 valence electrons. The van der Waals surface area contributed by atoms with Crippen LogP contribution in [0, 0.1) is 17.1 Å². The number of halogens is 2. The number of rotatable bonds is 4. The van der Waals surface area contributed by atoms with Gasteiger partial charge in [-0.05, 0) is 44.2 Å². The highest BCUT2D eigenvalue weighted by Gasteiger charge is 2.39. The van der Waals surface area contributed by atoms with E-state index >= 15 is 0 Å². The van der Waals surface area contributed by atoms with Crippen LogP contribution in [0.5, 0.6) is 11.5 Å². The third kappa shape index (κ3) is 4.67. The Morgan fingerprint density at radius 1 is 1.17 bits per heavy atom. The molecule has 4 heterocycles. The van der Waals surface area contributed by atoms with Gasteiger partial charge in [0.25, 0.3) is 5.91 Å². The molecule has 2 aromatic carbocycles. The molecule has 6 rings (SSSR count). The Morgan fingerprint density at radius 3 is 2.73 bits per heavy atom. The quantitative estimate of drug-likeness (QED) is 0.321. The molecule has 2 aliphatic rings. The standard InChI is InChI=1S/C30H25ClFN5O4/c1-30(2)16-40-5-4-36(30)29(38)27-24-15-41-26-11-25(39-3)22(18-6-17(12-33)13-34-14-18)10-23(26)28(24)37(35-27)21-8-19(31)7-20(32)9-21/h6-11,13-14H,4-5,15-16H2,1-3H3. The van der Waals surface area contributed by atoms with Crippen LogP contribution in [-0.4, -0.2) is 58.0 Å². The van der Waals surface area contributed by atoms with Gasteiger partial charge in [-0.25, -0.2) is 9.07 Å². The number of carbonyl (C=O) groups excluding carboxylic acids is 1. The first-order valence-electron chi connectivity index (χ1n) is 12.9. The van der Waals surface area contributed by atoms with Gasteiger partial charge in [-0.3, -0.25) is 9.78 Å². The smallest absolute Gasteiger partial charge is 0.275 e. The van der Waals surface area contributed by atoms with Crippen molar-refractivity contribution in [2.75, 3.05) is 26.9 Å². The molecule has 0 spiro atoms. The first-order chi connectivity index (χ1) is 19.7. The molecular formula is C30H25ClFN5O4. The third-order valence-electron chi connectivity index (χ3n) is 7.28. The molecule has 0 atom stereocenters. The Hall–Kier alpha value is -4.46. The molecule has 1 fully saturated rings. The van der Waals surface area contributed by atoms with Crippen LogP contribution in [0.2, 0.25) is 5.02 Å². The van der Waals surface area contributed by atoms with E-state index in [-0.39, 0.29) is 23.2 Å². The van der Waals surface area contributed by atoms with Gasteiger partial charge in [-0.1, -0.05) is 11.6 Å². The number of hydrogen-bond acceptors (Lipinski definition) is 7. The second kappa shape index (κ2) is 10.2. The number of morpholine rings is 1. The van der Waals surface area contributed by atoms with Crippen molar-refractivity contribution in [3.63, 3.8) is 0 Å². The number of methoxy groups -OCH3 is 1. The predicted octanol–water partition coefficient (Wildman–Crippen LogP) is 5.42. The minimum atomic E-state index is -0.555. The number of nitrogens with zero attached hydrogens (tertiary/aromatic N) is 5. The largest absolute Gasteiger partial charge is 0.496 e. The van der Waals surface area contributed by atoms with E-state index in [4.69, 9.17) is 30.9 Å². The SMILES string of the molecule is COc1cc2c(cc1-c1cncc(C#N)c1)-c1c(c(C(=O)N3CCOCC3(C)C)nn1-c1cc(F)cc(Cl)c1)CO2. The van der Waals surface area contributed by atoms with Crippen LogP contribution in [-0.2, 0) is 11.3 Å². The summed E-state index contributed by atoms with van der Waals surface area (Å²) in [6.45, 7) is 5.14. The number of nitriles is 1. The van der Waals surface area contributed by atoms with Gasteiger partial charge in [0.05, 0.1) is 42.8 Å². The minimum absolute atomic E-state index is 0.0607. The van der Waals surface area contributed by atoms with Crippen LogP contribution < -0.4 is 9.47 Å². The average Bonchev–Trinajstić information content (AvgIpc) is 3.35. The molecule has 0 unspecified atom stereocenters. The molecule has 0 bridgehead atoms. The molecular weight excluding hydrogens is 549 g/mol. The fourth-order valence-electron chi connectivity index (χ4n) is 5.30. The lowest BCUT2D eigenvalue weighted by atomic mass is 9.95. The van der Waals surface area contributed by atoms with Crippen molar-refractivity contribution < 1.29 is 23.4 Å². The Kier molecular flexibility index (Phi) is 6.64. The Balaban J connectivity index is 1.60. The fourth-order valence-corrected chi connectivity index (χ4v) is 5.52. The molecule has 2 aliphatic heterocycles. The van der Waals surface area contributed by atoms with Crippen molar-refractivity contribution in [3.8, 4) is 45.6 Å². The molecule has 41 heavy (non-hydrogen) atoms. The van der Waals surface area contributed by atoms with Gasteiger partial charge >= 0.3 is 0 Å². The average molecular weight is 574 g/mol. The number of fused-ring (bicyclic) bond motifs is 3. The van der Waals surface area contributed by atoms with Crippen molar-refractivity contribution in [1.29, 1.82) is 5.26 Å². The number of aromatic nitrogens is 3. The molecule has 11 heteroatoms. The maximum absolute atomic E-state index is 14.6. The summed E-state index contributed by atoms with van der Waals surface area (Å²) in [4.78, 5) is 20.0. The third-order valence-corrected chi connectivity index (χ3v) is 7.49. The van der Waals surface area contributed by atoms with Crippen LogP contribution >= 0.6 is 11.6 Å². The molecule has 0 N–H and O–H groups in total. The van der Waals surface area contributed by atoms with Crippen LogP contribution in [0.1, 0.15) is 35.5 Å². The summed E-state index contributed by atoms with van der Waals surface area (Å²) in [7, 11) is 1.54. The summed E-state index contributed by atoms with van der Waals surface area (Å²) < 4.78 is 33.5. The normalized spacial score (nSPS) is 15.4. The van der Waals surface area contributed by atoms with E-state index in [0.717, 1.165) is 0 Å². The Morgan fingerprint density at radius 2 is 2.00 bits per heavy atom. The highest BCUT2D eigenvalue weighted by Crippen LogP contribution is 2.46. The van der Waals surface area contributed by atoms with Crippen molar-refractivity contribution >= 4 is 17.5 Å². The van der Waals surface area contributed by atoms with Crippen molar-refractivity contribution in [1.82, 2.24) is 19.7 Å².